The lowest BCUT2D eigenvalue weighted by molar-refractivity contribution is -0.0433. The van der Waals surface area contributed by atoms with Gasteiger partial charge in [-0.3, -0.25) is 5.10 Å². The quantitative estimate of drug-likeness (QED) is 0.824. The van der Waals surface area contributed by atoms with E-state index in [-0.39, 0.29) is 0 Å². The largest absolute Gasteiger partial charge is 0.375 e. The van der Waals surface area contributed by atoms with E-state index >= 15 is 0 Å². The second kappa shape index (κ2) is 4.97. The van der Waals surface area contributed by atoms with Gasteiger partial charge < -0.3 is 10.1 Å². The third kappa shape index (κ3) is 2.83. The molecule has 4 nitrogen and oxygen atoms in total. The molecule has 0 amide bonds. The summed E-state index contributed by atoms with van der Waals surface area (Å²) in [4.78, 5) is 0. The van der Waals surface area contributed by atoms with Crippen LogP contribution in [0.3, 0.4) is 0 Å². The van der Waals surface area contributed by atoms with Crippen LogP contribution >= 0.6 is 0 Å². The molecule has 2 rings (SSSR count). The molecule has 16 heavy (non-hydrogen) atoms. The van der Waals surface area contributed by atoms with E-state index < -0.39 is 0 Å². The Morgan fingerprint density at radius 2 is 2.12 bits per heavy atom. The van der Waals surface area contributed by atoms with Crippen molar-refractivity contribution < 1.29 is 4.74 Å². The van der Waals surface area contributed by atoms with Crippen LogP contribution in [0.5, 0.6) is 0 Å². The van der Waals surface area contributed by atoms with Crippen LogP contribution < -0.4 is 5.32 Å². The fourth-order valence-electron chi connectivity index (χ4n) is 2.49. The van der Waals surface area contributed by atoms with Crippen LogP contribution in [0.4, 0.5) is 0 Å². The number of ether oxygens (including phenoxy) is 1. The molecule has 0 spiro atoms. The van der Waals surface area contributed by atoms with E-state index in [4.69, 9.17) is 4.74 Å². The summed E-state index contributed by atoms with van der Waals surface area (Å²) in [6, 6.07) is 0.893. The highest BCUT2D eigenvalue weighted by molar-refractivity contribution is 5.08. The van der Waals surface area contributed by atoms with Crippen LogP contribution in [0.2, 0.25) is 0 Å². The molecule has 0 aromatic carbocycles. The maximum Gasteiger partial charge on any atom is 0.0565 e. The highest BCUT2D eigenvalue weighted by Gasteiger charge is 2.25. The first-order valence-electron chi connectivity index (χ1n) is 6.05. The van der Waals surface area contributed by atoms with Crippen molar-refractivity contribution in [1.82, 2.24) is 15.5 Å². The summed E-state index contributed by atoms with van der Waals surface area (Å²) < 4.78 is 5.73. The average Bonchev–Trinajstić information content (AvgIpc) is 2.68. The lowest BCUT2D eigenvalue weighted by atomic mass is 9.98. The van der Waals surface area contributed by atoms with Gasteiger partial charge in [0.05, 0.1) is 18.4 Å². The number of rotatable bonds is 3. The standard InChI is InChI=1S/C12H21N3O/c1-8-4-12(5-9(2)16-8)15-10(3)11-6-13-14-7-11/h6-10,12,15H,4-5H2,1-3H3,(H,13,14). The second-order valence-corrected chi connectivity index (χ2v) is 4.85. The van der Waals surface area contributed by atoms with Crippen LogP contribution in [0, 0.1) is 0 Å². The van der Waals surface area contributed by atoms with Crippen molar-refractivity contribution in [3.8, 4) is 0 Å². The van der Waals surface area contributed by atoms with E-state index in [1.54, 1.807) is 0 Å². The zero-order chi connectivity index (χ0) is 11.5. The highest BCUT2D eigenvalue weighted by Crippen LogP contribution is 2.21. The smallest absolute Gasteiger partial charge is 0.0565 e. The first-order valence-corrected chi connectivity index (χ1v) is 6.05. The number of nitrogens with zero attached hydrogens (tertiary/aromatic N) is 1. The van der Waals surface area contributed by atoms with Gasteiger partial charge in [-0.1, -0.05) is 0 Å². The summed E-state index contributed by atoms with van der Waals surface area (Å²) >= 11 is 0. The van der Waals surface area contributed by atoms with Crippen molar-refractivity contribution in [2.75, 3.05) is 0 Å². The fourth-order valence-corrected chi connectivity index (χ4v) is 2.49. The first-order chi connectivity index (χ1) is 7.65. The van der Waals surface area contributed by atoms with Crippen molar-refractivity contribution in [2.24, 2.45) is 0 Å². The van der Waals surface area contributed by atoms with Crippen LogP contribution in [-0.2, 0) is 4.74 Å². The molecule has 90 valence electrons. The van der Waals surface area contributed by atoms with E-state index in [0.29, 0.717) is 24.3 Å². The van der Waals surface area contributed by atoms with Crippen LogP contribution in [0.1, 0.15) is 45.2 Å². The topological polar surface area (TPSA) is 49.9 Å². The molecule has 4 heteroatoms. The summed E-state index contributed by atoms with van der Waals surface area (Å²) in [5, 5.41) is 10.5. The Morgan fingerprint density at radius 1 is 1.44 bits per heavy atom. The molecule has 1 aliphatic rings. The van der Waals surface area contributed by atoms with Crippen molar-refractivity contribution >= 4 is 0 Å². The van der Waals surface area contributed by atoms with Gasteiger partial charge in [-0.2, -0.15) is 5.10 Å². The second-order valence-electron chi connectivity index (χ2n) is 4.85. The van der Waals surface area contributed by atoms with Gasteiger partial charge in [-0.05, 0) is 33.6 Å². The monoisotopic (exact) mass is 223 g/mol. The van der Waals surface area contributed by atoms with Crippen molar-refractivity contribution in [3.05, 3.63) is 18.0 Å². The summed E-state index contributed by atoms with van der Waals surface area (Å²) in [5.41, 5.74) is 1.21. The summed E-state index contributed by atoms with van der Waals surface area (Å²) in [7, 11) is 0. The molecule has 0 radical (unpaired) electrons. The van der Waals surface area contributed by atoms with Gasteiger partial charge in [-0.25, -0.2) is 0 Å². The van der Waals surface area contributed by atoms with E-state index in [1.807, 2.05) is 12.4 Å². The third-order valence-corrected chi connectivity index (χ3v) is 3.20. The molecule has 1 saturated heterocycles. The van der Waals surface area contributed by atoms with Gasteiger partial charge in [0.25, 0.3) is 0 Å². The first kappa shape index (κ1) is 11.6. The van der Waals surface area contributed by atoms with Crippen molar-refractivity contribution in [3.63, 3.8) is 0 Å². The predicted molar refractivity (Wildman–Crippen MR) is 63.2 cm³/mol. The van der Waals surface area contributed by atoms with Gasteiger partial charge in [0, 0.05) is 23.8 Å². The van der Waals surface area contributed by atoms with Crippen LogP contribution in [0.25, 0.3) is 0 Å². The zero-order valence-electron chi connectivity index (χ0n) is 10.2. The molecule has 2 heterocycles. The minimum absolute atomic E-state index is 0.348. The van der Waals surface area contributed by atoms with Gasteiger partial charge in [0.2, 0.25) is 0 Å². The summed E-state index contributed by atoms with van der Waals surface area (Å²) in [6.07, 6.45) is 6.72. The molecular weight excluding hydrogens is 202 g/mol. The fraction of sp³-hybridized carbons (Fsp3) is 0.750. The third-order valence-electron chi connectivity index (χ3n) is 3.20. The van der Waals surface area contributed by atoms with E-state index in [9.17, 15) is 0 Å². The Kier molecular flexibility index (Phi) is 3.61. The maximum atomic E-state index is 5.73. The predicted octanol–water partition coefficient (Wildman–Crippen LogP) is 2.02. The molecule has 0 bridgehead atoms. The minimum atomic E-state index is 0.348. The van der Waals surface area contributed by atoms with E-state index in [2.05, 4.69) is 36.3 Å². The van der Waals surface area contributed by atoms with Gasteiger partial charge in [0.1, 0.15) is 0 Å². The van der Waals surface area contributed by atoms with Crippen molar-refractivity contribution in [2.45, 2.75) is 57.9 Å². The Labute approximate surface area is 96.8 Å². The molecule has 3 unspecified atom stereocenters. The number of hydrogen-bond acceptors (Lipinski definition) is 3. The molecule has 3 atom stereocenters. The number of H-pyrrole nitrogens is 1. The van der Waals surface area contributed by atoms with Crippen LogP contribution in [0.15, 0.2) is 12.4 Å². The maximum absolute atomic E-state index is 5.73. The van der Waals surface area contributed by atoms with Crippen LogP contribution in [-0.4, -0.2) is 28.4 Å². The normalized spacial score (nSPS) is 32.6. The molecule has 0 saturated carbocycles. The molecule has 0 aliphatic carbocycles. The van der Waals surface area contributed by atoms with E-state index in [0.717, 1.165) is 12.8 Å². The average molecular weight is 223 g/mol. The van der Waals surface area contributed by atoms with Gasteiger partial charge in [-0.15, -0.1) is 0 Å². The van der Waals surface area contributed by atoms with Crippen molar-refractivity contribution in [1.29, 1.82) is 0 Å². The number of hydrogen-bond donors (Lipinski definition) is 2. The number of nitrogens with one attached hydrogen (secondary N) is 2. The summed E-state index contributed by atoms with van der Waals surface area (Å²) in [5.74, 6) is 0. The lowest BCUT2D eigenvalue weighted by Crippen LogP contribution is -2.42. The molecule has 1 aromatic rings. The lowest BCUT2D eigenvalue weighted by Gasteiger charge is -2.34. The Hall–Kier alpha value is -0.870. The number of aromatic nitrogens is 2. The Balaban J connectivity index is 1.89. The molecule has 1 aliphatic heterocycles. The zero-order valence-corrected chi connectivity index (χ0v) is 10.2. The highest BCUT2D eigenvalue weighted by atomic mass is 16.5. The number of aromatic amines is 1. The van der Waals surface area contributed by atoms with Gasteiger partial charge in [0.15, 0.2) is 0 Å². The Bertz CT molecular complexity index is 302. The molecule has 1 fully saturated rings. The molecule has 2 N–H and O–H groups in total. The minimum Gasteiger partial charge on any atom is -0.375 e. The molecular formula is C12H21N3O. The Morgan fingerprint density at radius 3 is 2.69 bits per heavy atom. The van der Waals surface area contributed by atoms with Gasteiger partial charge >= 0.3 is 0 Å². The van der Waals surface area contributed by atoms with E-state index in [1.165, 1.54) is 5.56 Å². The molecule has 1 aromatic heterocycles. The SMILES string of the molecule is CC1CC(NC(C)c2cn[nH]c2)CC(C)O1. The summed E-state index contributed by atoms with van der Waals surface area (Å²) in [6.45, 7) is 6.47.